The number of hydrogen-bond donors (Lipinski definition) is 0. The number of anilines is 1. The highest BCUT2D eigenvalue weighted by Crippen LogP contribution is 2.31. The number of nitro groups is 1. The summed E-state index contributed by atoms with van der Waals surface area (Å²) in [6, 6.07) is 10.9. The smallest absolute Gasteiger partial charge is 0.292 e. The van der Waals surface area contributed by atoms with E-state index in [0.717, 1.165) is 12.8 Å². The van der Waals surface area contributed by atoms with Crippen molar-refractivity contribution in [1.29, 1.82) is 0 Å². The first-order valence-electron chi connectivity index (χ1n) is 8.89. The summed E-state index contributed by atoms with van der Waals surface area (Å²) < 4.78 is 0. The lowest BCUT2D eigenvalue weighted by molar-refractivity contribution is -0.384. The molecule has 0 saturated carbocycles. The second-order valence-electron chi connectivity index (χ2n) is 6.44. The topological polar surface area (TPSA) is 66.7 Å². The van der Waals surface area contributed by atoms with Crippen LogP contribution >= 0.6 is 11.3 Å². The molecule has 0 N–H and O–H groups in total. The van der Waals surface area contributed by atoms with Crippen LogP contribution in [0.5, 0.6) is 0 Å². The summed E-state index contributed by atoms with van der Waals surface area (Å²) in [5.41, 5.74) is 0.777. The van der Waals surface area contributed by atoms with Crippen molar-refractivity contribution in [3.63, 3.8) is 0 Å². The van der Waals surface area contributed by atoms with Gasteiger partial charge in [-0.05, 0) is 37.3 Å². The van der Waals surface area contributed by atoms with Crippen molar-refractivity contribution in [3.05, 3.63) is 56.8 Å². The Morgan fingerprint density at radius 2 is 2.00 bits per heavy atom. The number of benzene rings is 1. The number of amides is 1. The van der Waals surface area contributed by atoms with Crippen LogP contribution in [0.1, 0.15) is 24.6 Å². The second-order valence-corrected chi connectivity index (χ2v) is 7.47. The van der Waals surface area contributed by atoms with Crippen molar-refractivity contribution < 1.29 is 9.72 Å². The SMILES string of the molecule is CCN(Cc1cccs1)C(=O)C1CCN(c2ccccc2[N+](=O)[O-])CC1. The zero-order chi connectivity index (χ0) is 18.5. The number of carbonyl (C=O) groups excluding carboxylic acids is 1. The Labute approximate surface area is 157 Å². The number of nitrogens with zero attached hydrogens (tertiary/aromatic N) is 3. The lowest BCUT2D eigenvalue weighted by atomic mass is 9.94. The Bertz CT molecular complexity index is 755. The van der Waals surface area contributed by atoms with Crippen LogP contribution in [0.2, 0.25) is 0 Å². The molecule has 2 aromatic rings. The molecule has 1 saturated heterocycles. The van der Waals surface area contributed by atoms with E-state index in [9.17, 15) is 14.9 Å². The molecule has 0 bridgehead atoms. The normalized spacial score (nSPS) is 15.0. The van der Waals surface area contributed by atoms with Gasteiger partial charge < -0.3 is 9.80 Å². The molecule has 1 amide bonds. The maximum absolute atomic E-state index is 12.9. The monoisotopic (exact) mass is 373 g/mol. The Morgan fingerprint density at radius 1 is 1.27 bits per heavy atom. The van der Waals surface area contributed by atoms with Gasteiger partial charge in [-0.3, -0.25) is 14.9 Å². The first-order chi connectivity index (χ1) is 12.6. The lowest BCUT2D eigenvalue weighted by Crippen LogP contribution is -2.42. The predicted octanol–water partition coefficient (Wildman–Crippen LogP) is 3.92. The molecule has 6 nitrogen and oxygen atoms in total. The van der Waals surface area contributed by atoms with Gasteiger partial charge in [0.2, 0.25) is 5.91 Å². The van der Waals surface area contributed by atoms with E-state index in [2.05, 4.69) is 6.07 Å². The van der Waals surface area contributed by atoms with E-state index < -0.39 is 0 Å². The van der Waals surface area contributed by atoms with Gasteiger partial charge in [0.05, 0.1) is 11.5 Å². The molecule has 1 aromatic carbocycles. The van der Waals surface area contributed by atoms with Gasteiger partial charge in [-0.2, -0.15) is 0 Å². The standard InChI is InChI=1S/C19H23N3O3S/c1-2-20(14-16-6-5-13-26-16)19(23)15-9-11-21(12-10-15)17-7-3-4-8-18(17)22(24)25/h3-8,13,15H,2,9-12,14H2,1H3. The third-order valence-electron chi connectivity index (χ3n) is 4.88. The first kappa shape index (κ1) is 18.4. The first-order valence-corrected chi connectivity index (χ1v) is 9.77. The van der Waals surface area contributed by atoms with E-state index in [1.165, 1.54) is 10.9 Å². The number of para-hydroxylation sites is 2. The molecule has 138 valence electrons. The van der Waals surface area contributed by atoms with Gasteiger partial charge in [0, 0.05) is 36.5 Å². The molecule has 1 fully saturated rings. The van der Waals surface area contributed by atoms with E-state index in [-0.39, 0.29) is 22.4 Å². The average Bonchev–Trinajstić information content (AvgIpc) is 3.19. The number of hydrogen-bond acceptors (Lipinski definition) is 5. The van der Waals surface area contributed by atoms with Crippen LogP contribution in [0, 0.1) is 16.0 Å². The molecule has 26 heavy (non-hydrogen) atoms. The van der Waals surface area contributed by atoms with Crippen LogP contribution in [0.4, 0.5) is 11.4 Å². The summed E-state index contributed by atoms with van der Waals surface area (Å²) in [6.45, 7) is 4.70. The van der Waals surface area contributed by atoms with E-state index in [0.29, 0.717) is 31.9 Å². The molecule has 0 radical (unpaired) electrons. The van der Waals surface area contributed by atoms with E-state index in [1.807, 2.05) is 34.2 Å². The minimum atomic E-state index is -0.341. The molecular formula is C19H23N3O3S. The third kappa shape index (κ3) is 4.04. The van der Waals surface area contributed by atoms with Gasteiger partial charge in [0.25, 0.3) is 5.69 Å². The highest BCUT2D eigenvalue weighted by molar-refractivity contribution is 7.09. The van der Waals surface area contributed by atoms with E-state index in [4.69, 9.17) is 0 Å². The molecule has 0 unspecified atom stereocenters. The van der Waals surface area contributed by atoms with Crippen molar-refractivity contribution in [3.8, 4) is 0 Å². The Kier molecular flexibility index (Phi) is 5.88. The van der Waals surface area contributed by atoms with Crippen LogP contribution in [0.15, 0.2) is 41.8 Å². The fourth-order valence-corrected chi connectivity index (χ4v) is 4.17. The minimum absolute atomic E-state index is 0.00562. The van der Waals surface area contributed by atoms with E-state index in [1.54, 1.807) is 23.5 Å². The number of nitro benzene ring substituents is 1. The molecule has 2 heterocycles. The van der Waals surface area contributed by atoms with Crippen molar-refractivity contribution in [2.24, 2.45) is 5.92 Å². The molecule has 1 aliphatic rings. The largest absolute Gasteiger partial charge is 0.366 e. The Morgan fingerprint density at radius 3 is 2.62 bits per heavy atom. The van der Waals surface area contributed by atoms with Gasteiger partial charge in [0.1, 0.15) is 5.69 Å². The number of piperidine rings is 1. The number of carbonyl (C=O) groups is 1. The van der Waals surface area contributed by atoms with Gasteiger partial charge in [0.15, 0.2) is 0 Å². The quantitative estimate of drug-likeness (QED) is 0.568. The van der Waals surface area contributed by atoms with Crippen LogP contribution < -0.4 is 4.90 Å². The summed E-state index contributed by atoms with van der Waals surface area (Å²) in [4.78, 5) is 28.9. The summed E-state index contributed by atoms with van der Waals surface area (Å²) in [7, 11) is 0. The number of thiophene rings is 1. The molecular weight excluding hydrogens is 350 g/mol. The van der Waals surface area contributed by atoms with Crippen molar-refractivity contribution in [2.75, 3.05) is 24.5 Å². The molecule has 3 rings (SSSR count). The highest BCUT2D eigenvalue weighted by atomic mass is 32.1. The maximum atomic E-state index is 12.9. The Balaban J connectivity index is 1.63. The zero-order valence-corrected chi connectivity index (χ0v) is 15.7. The van der Waals surface area contributed by atoms with Gasteiger partial charge >= 0.3 is 0 Å². The van der Waals surface area contributed by atoms with Crippen molar-refractivity contribution >= 4 is 28.6 Å². The van der Waals surface area contributed by atoms with Crippen LogP contribution in [-0.2, 0) is 11.3 Å². The second kappa shape index (κ2) is 8.31. The molecule has 0 atom stereocenters. The van der Waals surface area contributed by atoms with Crippen molar-refractivity contribution in [2.45, 2.75) is 26.3 Å². The number of rotatable bonds is 6. The predicted molar refractivity (Wildman–Crippen MR) is 103 cm³/mol. The highest BCUT2D eigenvalue weighted by Gasteiger charge is 2.30. The molecule has 0 spiro atoms. The molecule has 1 aliphatic heterocycles. The van der Waals surface area contributed by atoms with Gasteiger partial charge in [-0.25, -0.2) is 0 Å². The van der Waals surface area contributed by atoms with Crippen LogP contribution in [-0.4, -0.2) is 35.4 Å². The fourth-order valence-electron chi connectivity index (χ4n) is 3.45. The summed E-state index contributed by atoms with van der Waals surface area (Å²) in [6.07, 6.45) is 1.46. The maximum Gasteiger partial charge on any atom is 0.292 e. The minimum Gasteiger partial charge on any atom is -0.366 e. The average molecular weight is 373 g/mol. The zero-order valence-electron chi connectivity index (χ0n) is 14.8. The molecule has 7 heteroatoms. The summed E-state index contributed by atoms with van der Waals surface area (Å²) >= 11 is 1.67. The lowest BCUT2D eigenvalue weighted by Gasteiger charge is -2.34. The molecule has 0 aliphatic carbocycles. The fraction of sp³-hybridized carbons (Fsp3) is 0.421. The summed E-state index contributed by atoms with van der Waals surface area (Å²) in [5, 5.41) is 13.3. The van der Waals surface area contributed by atoms with Crippen LogP contribution in [0.25, 0.3) is 0 Å². The Hall–Kier alpha value is -2.41. The van der Waals surface area contributed by atoms with E-state index >= 15 is 0 Å². The summed E-state index contributed by atoms with van der Waals surface area (Å²) in [5.74, 6) is 0.192. The van der Waals surface area contributed by atoms with Gasteiger partial charge in [-0.15, -0.1) is 11.3 Å². The third-order valence-corrected chi connectivity index (χ3v) is 5.74. The van der Waals surface area contributed by atoms with Gasteiger partial charge in [-0.1, -0.05) is 18.2 Å². The molecule has 1 aromatic heterocycles. The van der Waals surface area contributed by atoms with Crippen LogP contribution in [0.3, 0.4) is 0 Å². The van der Waals surface area contributed by atoms with Crippen molar-refractivity contribution in [1.82, 2.24) is 4.90 Å².